The minimum Gasteiger partial charge on any atom is -0.497 e. The summed E-state index contributed by atoms with van der Waals surface area (Å²) in [4.78, 5) is 40.1. The summed E-state index contributed by atoms with van der Waals surface area (Å²) in [7, 11) is 6.79. The van der Waals surface area contributed by atoms with Crippen LogP contribution in [0.3, 0.4) is 0 Å². The van der Waals surface area contributed by atoms with E-state index in [2.05, 4.69) is 21.9 Å². The van der Waals surface area contributed by atoms with Crippen molar-refractivity contribution >= 4 is 29.2 Å². The second-order valence-corrected chi connectivity index (χ2v) is 9.65. The van der Waals surface area contributed by atoms with Gasteiger partial charge in [0.15, 0.2) is 0 Å². The van der Waals surface area contributed by atoms with Gasteiger partial charge in [-0.15, -0.1) is 0 Å². The van der Waals surface area contributed by atoms with Gasteiger partial charge in [-0.05, 0) is 36.4 Å². The molecule has 38 heavy (non-hydrogen) atoms. The molecule has 0 radical (unpaired) electrons. The number of aromatic nitrogens is 2. The first-order valence-corrected chi connectivity index (χ1v) is 12.7. The Labute approximate surface area is 227 Å². The lowest BCUT2D eigenvalue weighted by atomic mass is 10.1. The first-order valence-electron chi connectivity index (χ1n) is 12.3. The van der Waals surface area contributed by atoms with Crippen LogP contribution in [-0.2, 0) is 17.6 Å². The van der Waals surface area contributed by atoms with Crippen molar-refractivity contribution in [2.45, 2.75) is 12.8 Å². The van der Waals surface area contributed by atoms with Gasteiger partial charge in [0.1, 0.15) is 23.6 Å². The minimum absolute atomic E-state index is 0.0467. The van der Waals surface area contributed by atoms with E-state index in [1.54, 1.807) is 32.4 Å². The van der Waals surface area contributed by atoms with Crippen LogP contribution >= 0.6 is 11.6 Å². The maximum atomic E-state index is 13.1. The number of carbonyl (C=O) groups is 2. The van der Waals surface area contributed by atoms with Crippen molar-refractivity contribution in [1.82, 2.24) is 19.8 Å². The zero-order valence-electron chi connectivity index (χ0n) is 22.1. The van der Waals surface area contributed by atoms with E-state index in [1.807, 2.05) is 29.2 Å². The molecule has 2 aromatic carbocycles. The number of amides is 2. The first-order chi connectivity index (χ1) is 18.3. The summed E-state index contributed by atoms with van der Waals surface area (Å²) in [5, 5.41) is 0.368. The molecular weight excluding hydrogens is 506 g/mol. The fraction of sp³-hybridized carbons (Fsp3) is 0.357. The molecule has 1 aliphatic rings. The zero-order valence-corrected chi connectivity index (χ0v) is 22.9. The maximum Gasteiger partial charge on any atom is 0.253 e. The third-order valence-electron chi connectivity index (χ3n) is 6.69. The fourth-order valence-electron chi connectivity index (χ4n) is 4.26. The molecule has 200 valence electrons. The van der Waals surface area contributed by atoms with Crippen LogP contribution in [0.4, 0.5) is 5.82 Å². The van der Waals surface area contributed by atoms with E-state index in [4.69, 9.17) is 21.1 Å². The number of likely N-dealkylation sites (N-methyl/N-ethyl adjacent to an activating group) is 2. The smallest absolute Gasteiger partial charge is 0.253 e. The average Bonchev–Trinajstić information content (AvgIpc) is 2.94. The lowest BCUT2D eigenvalue weighted by molar-refractivity contribution is -0.117. The van der Waals surface area contributed by atoms with Crippen LogP contribution < -0.4 is 14.4 Å². The van der Waals surface area contributed by atoms with E-state index in [0.717, 1.165) is 37.4 Å². The average molecular weight is 538 g/mol. The van der Waals surface area contributed by atoms with Gasteiger partial charge in [0, 0.05) is 57.3 Å². The van der Waals surface area contributed by atoms with Gasteiger partial charge in [0.25, 0.3) is 5.91 Å². The molecule has 0 aliphatic carbocycles. The van der Waals surface area contributed by atoms with Crippen LogP contribution in [0.5, 0.6) is 11.5 Å². The molecule has 0 atom stereocenters. The van der Waals surface area contributed by atoms with Gasteiger partial charge in [0.05, 0.1) is 31.4 Å². The van der Waals surface area contributed by atoms with Gasteiger partial charge >= 0.3 is 0 Å². The Hall–Kier alpha value is -3.69. The summed E-state index contributed by atoms with van der Waals surface area (Å²) in [6, 6.07) is 12.8. The summed E-state index contributed by atoms with van der Waals surface area (Å²) in [6.45, 7) is 3.25. The second-order valence-electron chi connectivity index (χ2n) is 9.27. The zero-order chi connectivity index (χ0) is 27.2. The first kappa shape index (κ1) is 27.3. The van der Waals surface area contributed by atoms with Crippen molar-refractivity contribution < 1.29 is 19.1 Å². The highest BCUT2D eigenvalue weighted by Gasteiger charge is 2.21. The van der Waals surface area contributed by atoms with Crippen molar-refractivity contribution in [3.8, 4) is 11.5 Å². The molecule has 9 nitrogen and oxygen atoms in total. The van der Waals surface area contributed by atoms with Crippen LogP contribution in [-0.4, -0.2) is 86.1 Å². The number of methoxy groups -OCH3 is 2. The van der Waals surface area contributed by atoms with Crippen LogP contribution in [0.25, 0.3) is 0 Å². The molecule has 0 spiro atoms. The van der Waals surface area contributed by atoms with Gasteiger partial charge in [-0.25, -0.2) is 9.97 Å². The summed E-state index contributed by atoms with van der Waals surface area (Å²) in [6.07, 6.45) is 2.03. The molecule has 1 fully saturated rings. The van der Waals surface area contributed by atoms with Gasteiger partial charge in [-0.1, -0.05) is 23.7 Å². The molecule has 2 amide bonds. The number of halogens is 1. The number of benzene rings is 2. The van der Waals surface area contributed by atoms with Crippen molar-refractivity contribution in [3.63, 3.8) is 0 Å². The van der Waals surface area contributed by atoms with Crippen molar-refractivity contribution in [1.29, 1.82) is 0 Å². The summed E-state index contributed by atoms with van der Waals surface area (Å²) in [5.41, 5.74) is 3.04. The van der Waals surface area contributed by atoms with Gasteiger partial charge < -0.3 is 19.3 Å². The highest BCUT2D eigenvalue weighted by molar-refractivity contribution is 6.33. The number of piperazine rings is 1. The largest absolute Gasteiger partial charge is 0.497 e. The molecule has 1 aliphatic heterocycles. The Morgan fingerprint density at radius 2 is 1.71 bits per heavy atom. The van der Waals surface area contributed by atoms with Crippen LogP contribution in [0, 0.1) is 0 Å². The van der Waals surface area contributed by atoms with Crippen molar-refractivity contribution in [3.05, 3.63) is 76.2 Å². The number of carbonyl (C=O) groups excluding carboxylic acids is 2. The van der Waals surface area contributed by atoms with E-state index in [-0.39, 0.29) is 18.2 Å². The molecular formula is C28H32ClN5O4. The Bertz CT molecular complexity index is 1290. The van der Waals surface area contributed by atoms with Crippen molar-refractivity contribution in [2.75, 3.05) is 59.4 Å². The monoisotopic (exact) mass is 537 g/mol. The Morgan fingerprint density at radius 3 is 2.37 bits per heavy atom. The van der Waals surface area contributed by atoms with E-state index < -0.39 is 0 Å². The quantitative estimate of drug-likeness (QED) is 0.435. The summed E-state index contributed by atoms with van der Waals surface area (Å²) in [5.74, 6) is 1.34. The standard InChI is InChI=1S/C28H32ClN5O4/c1-32-9-11-34(12-10-32)28(36)20-7-5-19(6-8-20)13-22-16-25(31-18-30-22)33(2)26(35)15-21-14-23(37-3)17-24(38-4)27(21)29/h5-8,14,16-18H,9-13,15H2,1-4H3. The number of nitrogens with zero attached hydrogens (tertiary/aromatic N) is 5. The third kappa shape index (κ3) is 6.41. The molecule has 0 N–H and O–H groups in total. The Kier molecular flexibility index (Phi) is 8.81. The van der Waals surface area contributed by atoms with E-state index in [0.29, 0.717) is 39.9 Å². The van der Waals surface area contributed by atoms with Crippen molar-refractivity contribution in [2.24, 2.45) is 0 Å². The second kappa shape index (κ2) is 12.2. The lowest BCUT2D eigenvalue weighted by Crippen LogP contribution is -2.47. The highest BCUT2D eigenvalue weighted by Crippen LogP contribution is 2.33. The summed E-state index contributed by atoms with van der Waals surface area (Å²) < 4.78 is 10.6. The fourth-order valence-corrected chi connectivity index (χ4v) is 4.52. The topological polar surface area (TPSA) is 88.1 Å². The normalized spacial score (nSPS) is 13.8. The minimum atomic E-state index is -0.196. The number of anilines is 1. The van der Waals surface area contributed by atoms with E-state index >= 15 is 0 Å². The van der Waals surface area contributed by atoms with E-state index in [1.165, 1.54) is 18.3 Å². The lowest BCUT2D eigenvalue weighted by Gasteiger charge is -2.32. The number of hydrogen-bond donors (Lipinski definition) is 0. The molecule has 0 unspecified atom stereocenters. The summed E-state index contributed by atoms with van der Waals surface area (Å²) >= 11 is 6.43. The molecule has 3 aromatic rings. The molecule has 0 saturated carbocycles. The predicted molar refractivity (Wildman–Crippen MR) is 146 cm³/mol. The van der Waals surface area contributed by atoms with Crippen LogP contribution in [0.15, 0.2) is 48.8 Å². The molecule has 1 saturated heterocycles. The van der Waals surface area contributed by atoms with Gasteiger partial charge in [-0.2, -0.15) is 0 Å². The van der Waals surface area contributed by atoms with Crippen LogP contribution in [0.1, 0.15) is 27.2 Å². The SMILES string of the molecule is COc1cc(CC(=O)N(C)c2cc(Cc3ccc(C(=O)N4CCN(C)CC4)cc3)ncn2)c(Cl)c(OC)c1. The van der Waals surface area contributed by atoms with E-state index in [9.17, 15) is 9.59 Å². The highest BCUT2D eigenvalue weighted by atomic mass is 35.5. The third-order valence-corrected chi connectivity index (χ3v) is 7.12. The maximum absolute atomic E-state index is 13.1. The number of hydrogen-bond acceptors (Lipinski definition) is 7. The van der Waals surface area contributed by atoms with Crippen LogP contribution in [0.2, 0.25) is 5.02 Å². The van der Waals surface area contributed by atoms with Gasteiger partial charge in [0.2, 0.25) is 5.91 Å². The Morgan fingerprint density at radius 1 is 1.00 bits per heavy atom. The molecule has 1 aromatic heterocycles. The van der Waals surface area contributed by atoms with Gasteiger partial charge in [-0.3, -0.25) is 14.5 Å². The molecule has 4 rings (SSSR count). The number of ether oxygens (including phenoxy) is 2. The molecule has 0 bridgehead atoms. The molecule has 2 heterocycles. The molecule has 10 heteroatoms. The predicted octanol–water partition coefficient (Wildman–Crippen LogP) is 3.33. The number of rotatable bonds is 8. The Balaban J connectivity index is 1.42.